The largest absolute Gasteiger partial charge is 0.454 e. The Bertz CT molecular complexity index is 1330. The van der Waals surface area contributed by atoms with Crippen LogP contribution < -0.4 is 14.8 Å². The molecule has 4 aromatic rings. The van der Waals surface area contributed by atoms with Gasteiger partial charge in [0.05, 0.1) is 6.42 Å². The van der Waals surface area contributed by atoms with Gasteiger partial charge in [-0.05, 0) is 28.8 Å². The number of rotatable bonds is 8. The predicted octanol–water partition coefficient (Wildman–Crippen LogP) is 5.37. The van der Waals surface area contributed by atoms with E-state index in [1.807, 2.05) is 91.0 Å². The Hall–Kier alpha value is -4.58. The molecule has 0 saturated carbocycles. The third-order valence-corrected chi connectivity index (χ3v) is 6.03. The number of hydrogen-bond acceptors (Lipinski definition) is 4. The van der Waals surface area contributed by atoms with Crippen molar-refractivity contribution in [3.05, 3.63) is 126 Å². The Morgan fingerprint density at radius 3 is 2.06 bits per heavy atom. The number of ether oxygens (including phenoxy) is 2. The fraction of sp³-hybridized carbons (Fsp3) is 0.133. The normalized spacial score (nSPS) is 12.6. The van der Waals surface area contributed by atoms with Crippen molar-refractivity contribution >= 4 is 17.5 Å². The van der Waals surface area contributed by atoms with Crippen molar-refractivity contribution in [3.63, 3.8) is 0 Å². The number of hydrogen-bond donors (Lipinski definition) is 1. The summed E-state index contributed by atoms with van der Waals surface area (Å²) in [4.78, 5) is 29.2. The summed E-state index contributed by atoms with van der Waals surface area (Å²) in [6, 6.07) is 33.1. The van der Waals surface area contributed by atoms with E-state index in [0.717, 1.165) is 16.7 Å². The summed E-state index contributed by atoms with van der Waals surface area (Å²) in [7, 11) is 0. The lowest BCUT2D eigenvalue weighted by Gasteiger charge is -2.32. The number of anilines is 1. The van der Waals surface area contributed by atoms with E-state index >= 15 is 0 Å². The van der Waals surface area contributed by atoms with Gasteiger partial charge in [0.1, 0.15) is 6.04 Å². The van der Waals surface area contributed by atoms with Gasteiger partial charge in [-0.15, -0.1) is 0 Å². The van der Waals surface area contributed by atoms with Crippen LogP contribution in [0.3, 0.4) is 0 Å². The van der Waals surface area contributed by atoms with Gasteiger partial charge in [-0.25, -0.2) is 0 Å². The highest BCUT2D eigenvalue weighted by Gasteiger charge is 2.32. The molecule has 6 nitrogen and oxygen atoms in total. The lowest BCUT2D eigenvalue weighted by molar-refractivity contribution is -0.139. The zero-order valence-electron chi connectivity index (χ0n) is 19.7. The minimum absolute atomic E-state index is 0.139. The van der Waals surface area contributed by atoms with E-state index < -0.39 is 6.04 Å². The molecule has 0 aliphatic carbocycles. The van der Waals surface area contributed by atoms with Crippen LogP contribution in [0.15, 0.2) is 109 Å². The van der Waals surface area contributed by atoms with Gasteiger partial charge in [0.2, 0.25) is 12.7 Å². The molecular formula is C30H26N2O4. The second kappa shape index (κ2) is 10.8. The van der Waals surface area contributed by atoms with Crippen LogP contribution in [-0.2, 0) is 22.6 Å². The fourth-order valence-corrected chi connectivity index (χ4v) is 4.27. The summed E-state index contributed by atoms with van der Waals surface area (Å²) in [6.45, 7) is 0.443. The minimum Gasteiger partial charge on any atom is -0.454 e. The first-order valence-corrected chi connectivity index (χ1v) is 11.8. The maximum atomic E-state index is 13.8. The highest BCUT2D eigenvalue weighted by Crippen LogP contribution is 2.35. The van der Waals surface area contributed by atoms with E-state index in [1.54, 1.807) is 23.1 Å². The van der Waals surface area contributed by atoms with Crippen LogP contribution in [0.25, 0.3) is 0 Å². The predicted molar refractivity (Wildman–Crippen MR) is 138 cm³/mol. The smallest absolute Gasteiger partial charge is 0.251 e. The third kappa shape index (κ3) is 5.39. The Balaban J connectivity index is 1.49. The van der Waals surface area contributed by atoms with E-state index in [4.69, 9.17) is 9.47 Å². The molecule has 2 amide bonds. The van der Waals surface area contributed by atoms with E-state index in [1.165, 1.54) is 0 Å². The molecular weight excluding hydrogens is 452 g/mol. The van der Waals surface area contributed by atoms with Crippen molar-refractivity contribution in [1.82, 2.24) is 4.90 Å². The van der Waals surface area contributed by atoms with Gasteiger partial charge in [0, 0.05) is 18.3 Å². The lowest BCUT2D eigenvalue weighted by Crippen LogP contribution is -2.41. The zero-order valence-corrected chi connectivity index (χ0v) is 19.7. The molecule has 0 radical (unpaired) electrons. The molecule has 1 aliphatic rings. The number of benzene rings is 4. The molecule has 6 heteroatoms. The van der Waals surface area contributed by atoms with E-state index in [-0.39, 0.29) is 25.0 Å². The average molecular weight is 479 g/mol. The number of carbonyl (C=O) groups excluding carboxylic acids is 2. The second-order valence-corrected chi connectivity index (χ2v) is 8.54. The first kappa shape index (κ1) is 23.2. The maximum Gasteiger partial charge on any atom is 0.251 e. The maximum absolute atomic E-state index is 13.8. The highest BCUT2D eigenvalue weighted by molar-refractivity contribution is 5.98. The summed E-state index contributed by atoms with van der Waals surface area (Å²) in [6.07, 6.45) is 0.189. The van der Waals surface area contributed by atoms with Gasteiger partial charge >= 0.3 is 0 Å². The topological polar surface area (TPSA) is 67.9 Å². The van der Waals surface area contributed by atoms with Crippen LogP contribution >= 0.6 is 0 Å². The molecule has 0 aromatic heterocycles. The monoisotopic (exact) mass is 478 g/mol. The molecule has 180 valence electrons. The summed E-state index contributed by atoms with van der Waals surface area (Å²) < 4.78 is 10.8. The van der Waals surface area contributed by atoms with Gasteiger partial charge in [-0.2, -0.15) is 0 Å². The van der Waals surface area contributed by atoms with Gasteiger partial charge in [0.15, 0.2) is 11.5 Å². The zero-order chi connectivity index (χ0) is 24.7. The quantitative estimate of drug-likeness (QED) is 0.370. The van der Waals surface area contributed by atoms with E-state index in [2.05, 4.69) is 5.32 Å². The second-order valence-electron chi connectivity index (χ2n) is 8.54. The van der Waals surface area contributed by atoms with Crippen molar-refractivity contribution in [3.8, 4) is 11.5 Å². The molecule has 0 unspecified atom stereocenters. The Morgan fingerprint density at radius 1 is 0.750 bits per heavy atom. The number of carbonyl (C=O) groups is 2. The van der Waals surface area contributed by atoms with Gasteiger partial charge in [-0.3, -0.25) is 9.59 Å². The van der Waals surface area contributed by atoms with Crippen LogP contribution in [0.1, 0.15) is 22.7 Å². The van der Waals surface area contributed by atoms with E-state index in [9.17, 15) is 9.59 Å². The molecule has 0 bridgehead atoms. The van der Waals surface area contributed by atoms with Gasteiger partial charge < -0.3 is 19.7 Å². The molecule has 0 spiro atoms. The summed E-state index contributed by atoms with van der Waals surface area (Å²) in [5.41, 5.74) is 3.13. The first-order valence-electron chi connectivity index (χ1n) is 11.8. The van der Waals surface area contributed by atoms with Crippen LogP contribution in [0.2, 0.25) is 0 Å². The van der Waals surface area contributed by atoms with Crippen molar-refractivity contribution in [2.75, 3.05) is 12.1 Å². The molecule has 5 rings (SSSR count). The molecule has 36 heavy (non-hydrogen) atoms. The van der Waals surface area contributed by atoms with Crippen molar-refractivity contribution in [2.24, 2.45) is 0 Å². The van der Waals surface area contributed by atoms with E-state index in [0.29, 0.717) is 23.7 Å². The molecule has 0 fully saturated rings. The Morgan fingerprint density at radius 2 is 1.36 bits per heavy atom. The SMILES string of the molecule is O=C(Nc1ccc2c(c1)OCO2)[C@@H](c1ccccc1)N(Cc1ccccc1)C(=O)Cc1ccccc1. The van der Waals surface area contributed by atoms with Crippen LogP contribution in [0.4, 0.5) is 5.69 Å². The van der Waals surface area contributed by atoms with Crippen LogP contribution in [0, 0.1) is 0 Å². The number of nitrogens with zero attached hydrogens (tertiary/aromatic N) is 1. The molecule has 1 atom stereocenters. The minimum atomic E-state index is -0.840. The average Bonchev–Trinajstić information content (AvgIpc) is 3.38. The molecule has 0 saturated heterocycles. The van der Waals surface area contributed by atoms with Gasteiger partial charge in [-0.1, -0.05) is 91.0 Å². The Kier molecular flexibility index (Phi) is 6.94. The summed E-state index contributed by atoms with van der Waals surface area (Å²) >= 11 is 0. The summed E-state index contributed by atoms with van der Waals surface area (Å²) in [5.74, 6) is 0.763. The lowest BCUT2D eigenvalue weighted by atomic mass is 10.0. The van der Waals surface area contributed by atoms with Crippen molar-refractivity contribution in [1.29, 1.82) is 0 Å². The number of nitrogens with one attached hydrogen (secondary N) is 1. The van der Waals surface area contributed by atoms with Gasteiger partial charge in [0.25, 0.3) is 5.91 Å². The summed E-state index contributed by atoms with van der Waals surface area (Å²) in [5, 5.41) is 2.99. The van der Waals surface area contributed by atoms with Crippen molar-refractivity contribution < 1.29 is 19.1 Å². The Labute approximate surface area is 210 Å². The standard InChI is InChI=1S/C30H26N2O4/c33-28(18-22-10-4-1-5-11-22)32(20-23-12-6-2-7-13-23)29(24-14-8-3-9-15-24)30(34)31-25-16-17-26-27(19-25)36-21-35-26/h1-17,19,29H,18,20-21H2,(H,31,34)/t29-/m1/s1. The van der Waals surface area contributed by atoms with Crippen LogP contribution in [0.5, 0.6) is 11.5 Å². The fourth-order valence-electron chi connectivity index (χ4n) is 4.27. The number of fused-ring (bicyclic) bond motifs is 1. The first-order chi connectivity index (χ1) is 17.7. The highest BCUT2D eigenvalue weighted by atomic mass is 16.7. The van der Waals surface area contributed by atoms with Crippen molar-refractivity contribution in [2.45, 2.75) is 19.0 Å². The molecule has 1 heterocycles. The number of amides is 2. The molecule has 1 N–H and O–H groups in total. The van der Waals surface area contributed by atoms with Crippen LogP contribution in [-0.4, -0.2) is 23.5 Å². The third-order valence-electron chi connectivity index (χ3n) is 6.03. The molecule has 4 aromatic carbocycles. The molecule has 1 aliphatic heterocycles.